The van der Waals surface area contributed by atoms with Gasteiger partial charge in [0.1, 0.15) is 0 Å². The van der Waals surface area contributed by atoms with E-state index in [0.717, 1.165) is 12.3 Å². The van der Waals surface area contributed by atoms with E-state index in [0.29, 0.717) is 11.3 Å². The first kappa shape index (κ1) is 6.66. The van der Waals surface area contributed by atoms with Crippen molar-refractivity contribution in [2.45, 2.75) is 39.2 Å². The van der Waals surface area contributed by atoms with Crippen molar-refractivity contribution in [1.29, 1.82) is 0 Å². The minimum absolute atomic E-state index is 0.0439. The summed E-state index contributed by atoms with van der Waals surface area (Å²) in [4.78, 5) is 0. The lowest BCUT2D eigenvalue weighted by molar-refractivity contribution is 0.157. The average Bonchev–Trinajstić information content (AvgIpc) is 2.52. The highest BCUT2D eigenvalue weighted by Crippen LogP contribution is 2.67. The van der Waals surface area contributed by atoms with Crippen LogP contribution in [0.5, 0.6) is 0 Å². The number of hydrogen-bond acceptors (Lipinski definition) is 1. The zero-order chi connectivity index (χ0) is 7.35. The Hall–Kier alpha value is -0.0400. The molecular weight excluding hydrogens is 124 g/mol. The van der Waals surface area contributed by atoms with Gasteiger partial charge in [-0.3, -0.25) is 0 Å². The first-order valence-corrected chi connectivity index (χ1v) is 4.35. The van der Waals surface area contributed by atoms with E-state index < -0.39 is 0 Å². The first-order chi connectivity index (χ1) is 4.67. The van der Waals surface area contributed by atoms with Crippen LogP contribution >= 0.6 is 0 Å². The van der Waals surface area contributed by atoms with Gasteiger partial charge < -0.3 is 5.11 Å². The molecule has 0 aromatic carbocycles. The molecule has 1 heteroatoms. The van der Waals surface area contributed by atoms with Crippen LogP contribution in [0.25, 0.3) is 0 Å². The summed E-state index contributed by atoms with van der Waals surface area (Å²) in [5.74, 6) is 1.46. The van der Waals surface area contributed by atoms with Gasteiger partial charge in [-0.2, -0.15) is 0 Å². The van der Waals surface area contributed by atoms with E-state index in [1.54, 1.807) is 0 Å². The molecule has 0 spiro atoms. The zero-order valence-corrected chi connectivity index (χ0v) is 6.80. The maximum atomic E-state index is 9.45. The summed E-state index contributed by atoms with van der Waals surface area (Å²) < 4.78 is 0. The fourth-order valence-corrected chi connectivity index (χ4v) is 2.73. The van der Waals surface area contributed by atoms with Crippen LogP contribution in [0, 0.1) is 17.3 Å². The van der Waals surface area contributed by atoms with Crippen molar-refractivity contribution in [3.63, 3.8) is 0 Å². The number of aliphatic hydroxyl groups excluding tert-OH is 1. The van der Waals surface area contributed by atoms with Gasteiger partial charge in [0.15, 0.2) is 0 Å². The van der Waals surface area contributed by atoms with Crippen molar-refractivity contribution in [3.05, 3.63) is 0 Å². The minimum Gasteiger partial charge on any atom is -0.393 e. The van der Waals surface area contributed by atoms with Crippen LogP contribution in [-0.2, 0) is 0 Å². The molecule has 0 saturated heterocycles. The molecule has 2 aliphatic carbocycles. The molecule has 0 aromatic heterocycles. The van der Waals surface area contributed by atoms with Crippen molar-refractivity contribution in [1.82, 2.24) is 0 Å². The van der Waals surface area contributed by atoms with Gasteiger partial charge in [0, 0.05) is 0 Å². The Labute approximate surface area is 62.4 Å². The lowest BCUT2D eigenvalue weighted by Crippen LogP contribution is -2.08. The van der Waals surface area contributed by atoms with E-state index in [2.05, 4.69) is 13.8 Å². The third-order valence-corrected chi connectivity index (χ3v) is 3.70. The third kappa shape index (κ3) is 0.619. The Morgan fingerprint density at radius 1 is 1.50 bits per heavy atom. The van der Waals surface area contributed by atoms with Crippen LogP contribution in [0.1, 0.15) is 33.1 Å². The summed E-state index contributed by atoms with van der Waals surface area (Å²) in [5.41, 5.74) is 0.583. The van der Waals surface area contributed by atoms with Crippen LogP contribution in [0.4, 0.5) is 0 Å². The van der Waals surface area contributed by atoms with E-state index in [-0.39, 0.29) is 6.10 Å². The van der Waals surface area contributed by atoms with Gasteiger partial charge in [-0.25, -0.2) is 0 Å². The molecular formula is C9H16O. The van der Waals surface area contributed by atoms with Crippen LogP contribution in [-0.4, -0.2) is 11.2 Å². The molecule has 3 unspecified atom stereocenters. The van der Waals surface area contributed by atoms with Crippen LogP contribution in [0.3, 0.4) is 0 Å². The van der Waals surface area contributed by atoms with Crippen molar-refractivity contribution in [2.75, 3.05) is 0 Å². The molecule has 0 bridgehead atoms. The summed E-state index contributed by atoms with van der Waals surface area (Å²) in [6.07, 6.45) is 3.67. The maximum Gasteiger partial charge on any atom is 0.0574 e. The van der Waals surface area contributed by atoms with E-state index in [9.17, 15) is 5.11 Å². The molecule has 1 nitrogen and oxygen atoms in total. The molecule has 3 atom stereocenters. The second kappa shape index (κ2) is 1.76. The summed E-state index contributed by atoms with van der Waals surface area (Å²) in [5, 5.41) is 9.45. The highest BCUT2D eigenvalue weighted by molar-refractivity contribution is 5.11. The number of aliphatic hydroxyl groups is 1. The van der Waals surface area contributed by atoms with Gasteiger partial charge >= 0.3 is 0 Å². The molecule has 0 radical (unpaired) electrons. The van der Waals surface area contributed by atoms with Crippen molar-refractivity contribution >= 4 is 0 Å². The first-order valence-electron chi connectivity index (χ1n) is 4.35. The van der Waals surface area contributed by atoms with Crippen molar-refractivity contribution < 1.29 is 5.11 Å². The SMILES string of the molecule is CC(C)C12CCC(O)C1C2. The Kier molecular flexibility index (Phi) is 1.17. The maximum absolute atomic E-state index is 9.45. The monoisotopic (exact) mass is 140 g/mol. The lowest BCUT2D eigenvalue weighted by atomic mass is 9.90. The van der Waals surface area contributed by atoms with Crippen LogP contribution in [0.15, 0.2) is 0 Å². The summed E-state index contributed by atoms with van der Waals surface area (Å²) >= 11 is 0. The Morgan fingerprint density at radius 3 is 2.40 bits per heavy atom. The molecule has 2 aliphatic rings. The lowest BCUT2D eigenvalue weighted by Gasteiger charge is -2.15. The Balaban J connectivity index is 2.11. The highest BCUT2D eigenvalue weighted by Gasteiger charge is 2.62. The Morgan fingerprint density at radius 2 is 2.20 bits per heavy atom. The molecule has 58 valence electrons. The van der Waals surface area contributed by atoms with E-state index in [1.807, 2.05) is 0 Å². The number of fused-ring (bicyclic) bond motifs is 1. The van der Waals surface area contributed by atoms with Gasteiger partial charge in [0.2, 0.25) is 0 Å². The highest BCUT2D eigenvalue weighted by atomic mass is 16.3. The molecule has 2 rings (SSSR count). The fourth-order valence-electron chi connectivity index (χ4n) is 2.73. The summed E-state index contributed by atoms with van der Waals surface area (Å²) in [7, 11) is 0. The molecule has 0 aromatic rings. The van der Waals surface area contributed by atoms with Gasteiger partial charge in [0.25, 0.3) is 0 Å². The summed E-state index contributed by atoms with van der Waals surface area (Å²) in [6, 6.07) is 0. The predicted octanol–water partition coefficient (Wildman–Crippen LogP) is 1.80. The quantitative estimate of drug-likeness (QED) is 0.589. The standard InChI is InChI=1S/C9H16O/c1-6(2)9-4-3-8(10)7(9)5-9/h6-8,10H,3-5H2,1-2H3. The normalized spacial score (nSPS) is 51.6. The third-order valence-electron chi connectivity index (χ3n) is 3.70. The second-order valence-corrected chi connectivity index (χ2v) is 4.30. The molecule has 10 heavy (non-hydrogen) atoms. The molecule has 1 N–H and O–H groups in total. The largest absolute Gasteiger partial charge is 0.393 e. The summed E-state index contributed by atoms with van der Waals surface area (Å²) in [6.45, 7) is 4.58. The van der Waals surface area contributed by atoms with Crippen molar-refractivity contribution in [2.24, 2.45) is 17.3 Å². The Bertz CT molecular complexity index is 153. The molecule has 0 amide bonds. The smallest absolute Gasteiger partial charge is 0.0574 e. The average molecular weight is 140 g/mol. The zero-order valence-electron chi connectivity index (χ0n) is 6.80. The minimum atomic E-state index is 0.0439. The van der Waals surface area contributed by atoms with Crippen LogP contribution < -0.4 is 0 Å². The molecule has 2 saturated carbocycles. The van der Waals surface area contributed by atoms with E-state index >= 15 is 0 Å². The molecule has 0 heterocycles. The number of rotatable bonds is 1. The van der Waals surface area contributed by atoms with Crippen molar-refractivity contribution in [3.8, 4) is 0 Å². The second-order valence-electron chi connectivity index (χ2n) is 4.30. The number of hydrogen-bond donors (Lipinski definition) is 1. The van der Waals surface area contributed by atoms with Gasteiger partial charge in [-0.05, 0) is 36.5 Å². The predicted molar refractivity (Wildman–Crippen MR) is 40.6 cm³/mol. The topological polar surface area (TPSA) is 20.2 Å². The van der Waals surface area contributed by atoms with Gasteiger partial charge in [-0.15, -0.1) is 0 Å². The fraction of sp³-hybridized carbons (Fsp3) is 1.00. The van der Waals surface area contributed by atoms with Crippen LogP contribution in [0.2, 0.25) is 0 Å². The molecule has 2 fully saturated rings. The molecule has 0 aliphatic heterocycles. The van der Waals surface area contributed by atoms with Gasteiger partial charge in [-0.1, -0.05) is 13.8 Å². The van der Waals surface area contributed by atoms with Gasteiger partial charge in [0.05, 0.1) is 6.10 Å². The van der Waals surface area contributed by atoms with E-state index in [1.165, 1.54) is 12.8 Å². The van der Waals surface area contributed by atoms with E-state index in [4.69, 9.17) is 0 Å².